The number of hydrogen-bond acceptors (Lipinski definition) is 6. The fraction of sp³-hybridized carbons (Fsp3) is 0.120. The molecule has 2 amide bonds. The third kappa shape index (κ3) is 4.63. The van der Waals surface area contributed by atoms with Crippen molar-refractivity contribution in [2.45, 2.75) is 13.5 Å². The SMILES string of the molecule is CCOc1ccc(NC2=C(c3ccc([N+](=O)[O-])cc3)C(=O)N(Cc3ccc(F)cc3)C2=O)cc1. The number of nitro benzene ring substituents is 1. The summed E-state index contributed by atoms with van der Waals surface area (Å²) in [5, 5.41) is 14.0. The van der Waals surface area contributed by atoms with Gasteiger partial charge in [-0.2, -0.15) is 0 Å². The Labute approximate surface area is 194 Å². The summed E-state index contributed by atoms with van der Waals surface area (Å²) in [6, 6.07) is 17.8. The molecule has 0 fully saturated rings. The van der Waals surface area contributed by atoms with Crippen LogP contribution in [0.2, 0.25) is 0 Å². The molecule has 1 heterocycles. The number of nitrogens with one attached hydrogen (secondary N) is 1. The molecule has 0 saturated carbocycles. The summed E-state index contributed by atoms with van der Waals surface area (Å²) >= 11 is 0. The number of benzene rings is 3. The molecule has 0 aromatic heterocycles. The predicted octanol–water partition coefficient (Wildman–Crippen LogP) is 4.52. The van der Waals surface area contributed by atoms with Crippen LogP contribution in [0.15, 0.2) is 78.5 Å². The van der Waals surface area contributed by atoms with E-state index in [0.717, 1.165) is 4.90 Å². The van der Waals surface area contributed by atoms with E-state index in [0.29, 0.717) is 29.2 Å². The van der Waals surface area contributed by atoms with Gasteiger partial charge in [0.2, 0.25) is 0 Å². The topological polar surface area (TPSA) is 102 Å². The zero-order chi connectivity index (χ0) is 24.2. The van der Waals surface area contributed by atoms with Gasteiger partial charge in [0.1, 0.15) is 17.3 Å². The number of ether oxygens (including phenoxy) is 1. The largest absolute Gasteiger partial charge is 0.494 e. The zero-order valence-corrected chi connectivity index (χ0v) is 18.2. The molecule has 9 heteroatoms. The predicted molar refractivity (Wildman–Crippen MR) is 123 cm³/mol. The number of carbonyl (C=O) groups excluding carboxylic acids is 2. The standard InChI is InChI=1S/C25H20FN3O5/c1-2-34-21-13-9-19(10-14-21)27-23-22(17-5-11-20(12-6-17)29(32)33)24(30)28(25(23)31)15-16-3-7-18(26)8-4-16/h3-14,27H,2,15H2,1H3. The van der Waals surface area contributed by atoms with Crippen molar-refractivity contribution in [3.8, 4) is 5.75 Å². The van der Waals surface area contributed by atoms with Crippen molar-refractivity contribution < 1.29 is 23.6 Å². The van der Waals surface area contributed by atoms with Crippen LogP contribution in [-0.2, 0) is 16.1 Å². The van der Waals surface area contributed by atoms with Gasteiger partial charge >= 0.3 is 0 Å². The molecule has 172 valence electrons. The molecule has 0 radical (unpaired) electrons. The third-order valence-corrected chi connectivity index (χ3v) is 5.22. The maximum absolute atomic E-state index is 13.3. The number of halogens is 1. The van der Waals surface area contributed by atoms with Crippen molar-refractivity contribution in [2.24, 2.45) is 0 Å². The van der Waals surface area contributed by atoms with Gasteiger partial charge in [-0.05, 0) is 66.6 Å². The lowest BCUT2D eigenvalue weighted by molar-refractivity contribution is -0.384. The molecule has 1 N–H and O–H groups in total. The molecule has 0 unspecified atom stereocenters. The number of nitrogens with zero attached hydrogens (tertiary/aromatic N) is 2. The zero-order valence-electron chi connectivity index (χ0n) is 18.2. The van der Waals surface area contributed by atoms with E-state index in [2.05, 4.69) is 5.32 Å². The minimum atomic E-state index is -0.559. The van der Waals surface area contributed by atoms with Crippen molar-refractivity contribution in [1.82, 2.24) is 4.90 Å². The van der Waals surface area contributed by atoms with Gasteiger partial charge in [-0.15, -0.1) is 0 Å². The summed E-state index contributed by atoms with van der Waals surface area (Å²) in [6.07, 6.45) is 0. The van der Waals surface area contributed by atoms with Gasteiger partial charge < -0.3 is 10.1 Å². The van der Waals surface area contributed by atoms with Gasteiger partial charge in [0.25, 0.3) is 17.5 Å². The van der Waals surface area contributed by atoms with Gasteiger partial charge in [-0.25, -0.2) is 4.39 Å². The summed E-state index contributed by atoms with van der Waals surface area (Å²) in [5.74, 6) is -0.886. The monoisotopic (exact) mass is 461 g/mol. The Hall–Kier alpha value is -4.53. The van der Waals surface area contributed by atoms with Crippen molar-refractivity contribution >= 4 is 28.8 Å². The minimum Gasteiger partial charge on any atom is -0.494 e. The van der Waals surface area contributed by atoms with E-state index >= 15 is 0 Å². The van der Waals surface area contributed by atoms with Crippen LogP contribution in [0, 0.1) is 15.9 Å². The molecule has 0 bridgehead atoms. The number of imide groups is 1. The van der Waals surface area contributed by atoms with Gasteiger partial charge in [-0.3, -0.25) is 24.6 Å². The highest BCUT2D eigenvalue weighted by molar-refractivity contribution is 6.36. The fourth-order valence-electron chi connectivity index (χ4n) is 3.57. The summed E-state index contributed by atoms with van der Waals surface area (Å²) in [7, 11) is 0. The Morgan fingerprint density at radius 2 is 1.59 bits per heavy atom. The normalized spacial score (nSPS) is 13.4. The van der Waals surface area contributed by atoms with Crippen molar-refractivity contribution in [1.29, 1.82) is 0 Å². The molecule has 0 atom stereocenters. The third-order valence-electron chi connectivity index (χ3n) is 5.22. The summed E-state index contributed by atoms with van der Waals surface area (Å²) < 4.78 is 18.7. The summed E-state index contributed by atoms with van der Waals surface area (Å²) in [6.45, 7) is 2.32. The quantitative estimate of drug-likeness (QED) is 0.301. The average Bonchev–Trinajstić information content (AvgIpc) is 3.06. The second-order valence-electron chi connectivity index (χ2n) is 7.46. The van der Waals surface area contributed by atoms with Crippen LogP contribution >= 0.6 is 0 Å². The smallest absolute Gasteiger partial charge is 0.278 e. The Morgan fingerprint density at radius 1 is 0.941 bits per heavy atom. The molecular weight excluding hydrogens is 441 g/mol. The van der Waals surface area contributed by atoms with Crippen molar-refractivity contribution in [3.63, 3.8) is 0 Å². The molecule has 3 aromatic carbocycles. The minimum absolute atomic E-state index is 0.0464. The second kappa shape index (κ2) is 9.53. The second-order valence-corrected chi connectivity index (χ2v) is 7.46. The Kier molecular flexibility index (Phi) is 6.35. The number of carbonyl (C=O) groups is 2. The Balaban J connectivity index is 1.70. The molecule has 0 spiro atoms. The highest BCUT2D eigenvalue weighted by atomic mass is 19.1. The molecule has 4 rings (SSSR count). The van der Waals surface area contributed by atoms with E-state index in [1.54, 1.807) is 24.3 Å². The maximum atomic E-state index is 13.3. The number of amides is 2. The molecule has 1 aliphatic rings. The van der Waals surface area contributed by atoms with E-state index in [1.165, 1.54) is 48.5 Å². The van der Waals surface area contributed by atoms with Gasteiger partial charge in [-0.1, -0.05) is 12.1 Å². The molecule has 0 saturated heterocycles. The van der Waals surface area contributed by atoms with Crippen molar-refractivity contribution in [2.75, 3.05) is 11.9 Å². The van der Waals surface area contributed by atoms with Crippen LogP contribution in [0.25, 0.3) is 5.57 Å². The van der Waals surface area contributed by atoms with E-state index in [-0.39, 0.29) is 23.5 Å². The molecule has 34 heavy (non-hydrogen) atoms. The lowest BCUT2D eigenvalue weighted by atomic mass is 10.0. The molecule has 3 aromatic rings. The molecule has 0 aliphatic carbocycles. The van der Waals surface area contributed by atoms with Crippen molar-refractivity contribution in [3.05, 3.63) is 106 Å². The first-order valence-corrected chi connectivity index (χ1v) is 10.5. The van der Waals surface area contributed by atoms with Crippen LogP contribution in [0.4, 0.5) is 15.8 Å². The number of anilines is 1. The van der Waals surface area contributed by atoms with E-state index in [4.69, 9.17) is 4.74 Å². The van der Waals surface area contributed by atoms with Gasteiger partial charge in [0.15, 0.2) is 0 Å². The van der Waals surface area contributed by atoms with Gasteiger partial charge in [0.05, 0.1) is 23.6 Å². The van der Waals surface area contributed by atoms with Crippen LogP contribution in [0.1, 0.15) is 18.1 Å². The lowest BCUT2D eigenvalue weighted by Gasteiger charge is -2.15. The van der Waals surface area contributed by atoms with E-state index in [1.807, 2.05) is 6.92 Å². The number of hydrogen-bond donors (Lipinski definition) is 1. The summed E-state index contributed by atoms with van der Waals surface area (Å²) in [4.78, 5) is 38.2. The fourth-order valence-corrected chi connectivity index (χ4v) is 3.57. The van der Waals surface area contributed by atoms with Crippen LogP contribution in [0.3, 0.4) is 0 Å². The first-order valence-electron chi connectivity index (χ1n) is 10.5. The van der Waals surface area contributed by atoms with E-state index in [9.17, 15) is 24.1 Å². The lowest BCUT2D eigenvalue weighted by Crippen LogP contribution is -2.32. The van der Waals surface area contributed by atoms with E-state index < -0.39 is 22.6 Å². The number of non-ortho nitro benzene ring substituents is 1. The first-order chi connectivity index (χ1) is 16.4. The first kappa shape index (κ1) is 22.7. The average molecular weight is 461 g/mol. The molecule has 8 nitrogen and oxygen atoms in total. The maximum Gasteiger partial charge on any atom is 0.278 e. The number of rotatable bonds is 8. The van der Waals surface area contributed by atoms with Crippen LogP contribution in [0.5, 0.6) is 5.75 Å². The molecular formula is C25H20FN3O5. The van der Waals surface area contributed by atoms with Gasteiger partial charge in [0, 0.05) is 17.8 Å². The number of nitro groups is 1. The van der Waals surface area contributed by atoms with Crippen LogP contribution in [-0.4, -0.2) is 28.2 Å². The highest BCUT2D eigenvalue weighted by Gasteiger charge is 2.39. The summed E-state index contributed by atoms with van der Waals surface area (Å²) in [5.41, 5.74) is 1.50. The van der Waals surface area contributed by atoms with Crippen LogP contribution < -0.4 is 10.1 Å². The Morgan fingerprint density at radius 3 is 2.18 bits per heavy atom. The Bertz CT molecular complexity index is 1270. The molecule has 1 aliphatic heterocycles. The highest BCUT2D eigenvalue weighted by Crippen LogP contribution is 2.32.